The predicted octanol–water partition coefficient (Wildman–Crippen LogP) is 4.79. The number of hydrogen-bond acceptors (Lipinski definition) is 4. The molecule has 1 amide bonds. The van der Waals surface area contributed by atoms with Gasteiger partial charge in [0.1, 0.15) is 17.3 Å². The number of rotatable bonds is 5. The summed E-state index contributed by atoms with van der Waals surface area (Å²) in [6.07, 6.45) is 6.73. The van der Waals surface area contributed by atoms with E-state index in [4.69, 9.17) is 5.10 Å². The third-order valence-electron chi connectivity index (χ3n) is 4.66. The van der Waals surface area contributed by atoms with Crippen molar-refractivity contribution in [2.75, 3.05) is 5.32 Å². The summed E-state index contributed by atoms with van der Waals surface area (Å²) in [4.78, 5) is 16.8. The second-order valence-corrected chi connectivity index (χ2v) is 6.94. The van der Waals surface area contributed by atoms with Crippen molar-refractivity contribution in [2.45, 2.75) is 6.92 Å². The lowest BCUT2D eigenvalue weighted by Crippen LogP contribution is -2.13. The molecule has 0 saturated carbocycles. The number of hydrogen-bond donors (Lipinski definition) is 1. The number of pyridine rings is 1. The molecular weight excluding hydrogens is 386 g/mol. The first-order chi connectivity index (χ1) is 15.1. The third kappa shape index (κ3) is 4.57. The molecule has 0 unspecified atom stereocenters. The van der Waals surface area contributed by atoms with Crippen molar-refractivity contribution in [3.05, 3.63) is 102 Å². The average molecular weight is 405 g/mol. The van der Waals surface area contributed by atoms with Crippen molar-refractivity contribution < 1.29 is 4.79 Å². The highest BCUT2D eigenvalue weighted by atomic mass is 16.1. The van der Waals surface area contributed by atoms with Gasteiger partial charge in [-0.3, -0.25) is 9.78 Å². The predicted molar refractivity (Wildman–Crippen MR) is 120 cm³/mol. The Hall–Kier alpha value is -4.50. The maximum Gasteiger partial charge on any atom is 0.266 e. The molecule has 6 heteroatoms. The van der Waals surface area contributed by atoms with E-state index in [0.29, 0.717) is 16.9 Å². The lowest BCUT2D eigenvalue weighted by Gasteiger charge is -2.05. The summed E-state index contributed by atoms with van der Waals surface area (Å²) >= 11 is 0. The van der Waals surface area contributed by atoms with Crippen LogP contribution in [-0.2, 0) is 4.79 Å². The van der Waals surface area contributed by atoms with Crippen molar-refractivity contribution in [3.8, 4) is 23.0 Å². The molecule has 0 bridgehead atoms. The zero-order valence-corrected chi connectivity index (χ0v) is 16.9. The number of nitrogens with zero attached hydrogens (tertiary/aromatic N) is 4. The van der Waals surface area contributed by atoms with E-state index >= 15 is 0 Å². The SMILES string of the molecule is Cc1cccc(NC(=O)/C(C#N)=C/c2cn(-c3ccccc3)nc2-c2ccncc2)c1. The number of aryl methyl sites for hydroxylation is 1. The van der Waals surface area contributed by atoms with E-state index in [9.17, 15) is 10.1 Å². The Morgan fingerprint density at radius 1 is 1.06 bits per heavy atom. The minimum Gasteiger partial charge on any atom is -0.321 e. The largest absolute Gasteiger partial charge is 0.321 e. The molecule has 0 aliphatic carbocycles. The molecule has 4 rings (SSSR count). The van der Waals surface area contributed by atoms with Crippen LogP contribution in [-0.4, -0.2) is 20.7 Å². The summed E-state index contributed by atoms with van der Waals surface area (Å²) < 4.78 is 1.73. The van der Waals surface area contributed by atoms with Gasteiger partial charge in [-0.25, -0.2) is 4.68 Å². The normalized spacial score (nSPS) is 11.0. The molecule has 0 aliphatic rings. The number of carbonyl (C=O) groups is 1. The second-order valence-electron chi connectivity index (χ2n) is 6.94. The number of nitriles is 1. The van der Waals surface area contributed by atoms with Gasteiger partial charge in [0.15, 0.2) is 0 Å². The van der Waals surface area contributed by atoms with Crippen LogP contribution < -0.4 is 5.32 Å². The van der Waals surface area contributed by atoms with Crippen molar-refractivity contribution in [1.29, 1.82) is 5.26 Å². The first-order valence-electron chi connectivity index (χ1n) is 9.69. The summed E-state index contributed by atoms with van der Waals surface area (Å²) in [5, 5.41) is 17.1. The van der Waals surface area contributed by atoms with Crippen LogP contribution in [0.5, 0.6) is 0 Å². The molecule has 31 heavy (non-hydrogen) atoms. The van der Waals surface area contributed by atoms with E-state index in [0.717, 1.165) is 16.8 Å². The molecule has 0 atom stereocenters. The number of nitrogens with one attached hydrogen (secondary N) is 1. The average Bonchev–Trinajstić information content (AvgIpc) is 3.22. The molecule has 2 aromatic heterocycles. The molecule has 0 radical (unpaired) electrons. The summed E-state index contributed by atoms with van der Waals surface area (Å²) in [6, 6.07) is 22.8. The summed E-state index contributed by atoms with van der Waals surface area (Å²) in [5.41, 5.74) is 4.68. The second kappa shape index (κ2) is 8.89. The molecule has 0 saturated heterocycles. The van der Waals surface area contributed by atoms with Gasteiger partial charge in [0.25, 0.3) is 5.91 Å². The number of para-hydroxylation sites is 1. The zero-order valence-electron chi connectivity index (χ0n) is 16.9. The highest BCUT2D eigenvalue weighted by Crippen LogP contribution is 2.25. The van der Waals surface area contributed by atoms with Crippen LogP contribution in [0, 0.1) is 18.3 Å². The zero-order chi connectivity index (χ0) is 21.6. The minimum atomic E-state index is -0.471. The Balaban J connectivity index is 1.74. The Morgan fingerprint density at radius 2 is 1.84 bits per heavy atom. The smallest absolute Gasteiger partial charge is 0.266 e. The Morgan fingerprint density at radius 3 is 2.55 bits per heavy atom. The van der Waals surface area contributed by atoms with E-state index in [2.05, 4.69) is 10.3 Å². The van der Waals surface area contributed by atoms with Crippen LogP contribution in [0.4, 0.5) is 5.69 Å². The molecule has 4 aromatic rings. The van der Waals surface area contributed by atoms with Crippen LogP contribution in [0.25, 0.3) is 23.0 Å². The van der Waals surface area contributed by atoms with E-state index in [1.54, 1.807) is 29.2 Å². The fraction of sp³-hybridized carbons (Fsp3) is 0.0400. The summed E-state index contributed by atoms with van der Waals surface area (Å²) in [7, 11) is 0. The molecule has 0 spiro atoms. The molecule has 0 aliphatic heterocycles. The number of aromatic nitrogens is 3. The summed E-state index contributed by atoms with van der Waals surface area (Å²) in [5.74, 6) is -0.471. The molecule has 2 aromatic carbocycles. The van der Waals surface area contributed by atoms with Crippen molar-refractivity contribution >= 4 is 17.7 Å². The maximum atomic E-state index is 12.7. The highest BCUT2D eigenvalue weighted by molar-refractivity contribution is 6.10. The van der Waals surface area contributed by atoms with Crippen molar-refractivity contribution in [1.82, 2.24) is 14.8 Å². The van der Waals surface area contributed by atoms with Gasteiger partial charge in [-0.2, -0.15) is 10.4 Å². The lowest BCUT2D eigenvalue weighted by molar-refractivity contribution is -0.112. The van der Waals surface area contributed by atoms with Crippen molar-refractivity contribution in [2.24, 2.45) is 0 Å². The molecular formula is C25H19N5O. The maximum absolute atomic E-state index is 12.7. The molecule has 6 nitrogen and oxygen atoms in total. The molecule has 2 heterocycles. The van der Waals surface area contributed by atoms with E-state index < -0.39 is 5.91 Å². The van der Waals surface area contributed by atoms with Gasteiger partial charge in [-0.15, -0.1) is 0 Å². The quantitative estimate of drug-likeness (QED) is 0.382. The van der Waals surface area contributed by atoms with Gasteiger partial charge in [0.05, 0.1) is 5.69 Å². The topological polar surface area (TPSA) is 83.6 Å². The number of carbonyl (C=O) groups excluding carboxylic acids is 1. The Kier molecular flexibility index (Phi) is 5.68. The fourth-order valence-corrected chi connectivity index (χ4v) is 3.17. The standard InChI is InChI=1S/C25H19N5O/c1-18-6-5-7-22(14-18)28-25(31)20(16-26)15-21-17-30(23-8-3-2-4-9-23)29-24(21)19-10-12-27-13-11-19/h2-15,17H,1H3,(H,28,31)/b20-15+. The van der Waals surface area contributed by atoms with Gasteiger partial charge in [-0.05, 0) is 55.0 Å². The van der Waals surface area contributed by atoms with Gasteiger partial charge < -0.3 is 5.32 Å². The first-order valence-corrected chi connectivity index (χ1v) is 9.69. The minimum absolute atomic E-state index is 0.00979. The first kappa shape index (κ1) is 19.8. The van der Waals surface area contributed by atoms with E-state index in [-0.39, 0.29) is 5.57 Å². The van der Waals surface area contributed by atoms with Crippen LogP contribution in [0.15, 0.2) is 90.9 Å². The fourth-order valence-electron chi connectivity index (χ4n) is 3.17. The Bertz CT molecular complexity index is 1280. The van der Waals surface area contributed by atoms with Crippen molar-refractivity contribution in [3.63, 3.8) is 0 Å². The molecule has 1 N–H and O–H groups in total. The van der Waals surface area contributed by atoms with Crippen LogP contribution in [0.2, 0.25) is 0 Å². The van der Waals surface area contributed by atoms with E-state index in [1.165, 1.54) is 0 Å². The van der Waals surface area contributed by atoms with Crippen LogP contribution >= 0.6 is 0 Å². The summed E-state index contributed by atoms with van der Waals surface area (Å²) in [6.45, 7) is 1.94. The highest BCUT2D eigenvalue weighted by Gasteiger charge is 2.15. The van der Waals surface area contributed by atoms with Crippen LogP contribution in [0.3, 0.4) is 0 Å². The van der Waals surface area contributed by atoms with Gasteiger partial charge >= 0.3 is 0 Å². The van der Waals surface area contributed by atoms with Gasteiger partial charge in [-0.1, -0.05) is 30.3 Å². The van der Waals surface area contributed by atoms with Gasteiger partial charge in [0.2, 0.25) is 0 Å². The Labute approximate surface area is 180 Å². The molecule has 0 fully saturated rings. The molecule has 150 valence electrons. The number of benzene rings is 2. The number of anilines is 1. The van der Waals surface area contributed by atoms with E-state index in [1.807, 2.05) is 79.9 Å². The monoisotopic (exact) mass is 405 g/mol. The van der Waals surface area contributed by atoms with Crippen LogP contribution in [0.1, 0.15) is 11.1 Å². The lowest BCUT2D eigenvalue weighted by atomic mass is 10.1. The number of amides is 1. The third-order valence-corrected chi connectivity index (χ3v) is 4.66. The van der Waals surface area contributed by atoms with Gasteiger partial charge in [0, 0.05) is 35.4 Å².